The van der Waals surface area contributed by atoms with Crippen LogP contribution in [0.3, 0.4) is 0 Å². The standard InChI is InChI=1S/C33H32N6O5/c1-22(2)19-28-34-31(37-15-8-16-38(18-17-37)33(40)24-10-6-11-25(20-24)39(41)42)29-30(36-44-32(29)35-28)23-9-7-14-27(21-23)43-26-12-4-3-5-13-26/h3-7,9-14,20-22H,8,15-19H2,1-2H3. The topological polar surface area (TPSA) is 128 Å². The van der Waals surface area contributed by atoms with Crippen molar-refractivity contribution >= 4 is 28.5 Å². The van der Waals surface area contributed by atoms with Crippen molar-refractivity contribution in [3.63, 3.8) is 0 Å². The number of carbonyl (C=O) groups excluding carboxylic acids is 1. The van der Waals surface area contributed by atoms with Crippen LogP contribution in [0, 0.1) is 16.0 Å². The van der Waals surface area contributed by atoms with E-state index in [4.69, 9.17) is 19.2 Å². The van der Waals surface area contributed by atoms with Crippen molar-refractivity contribution in [2.45, 2.75) is 26.7 Å². The minimum atomic E-state index is -0.490. The van der Waals surface area contributed by atoms with Crippen LogP contribution in [-0.2, 0) is 6.42 Å². The van der Waals surface area contributed by atoms with E-state index >= 15 is 0 Å². The van der Waals surface area contributed by atoms with E-state index in [1.165, 1.54) is 18.2 Å². The van der Waals surface area contributed by atoms with Gasteiger partial charge in [0, 0.05) is 55.9 Å². The van der Waals surface area contributed by atoms with Gasteiger partial charge in [-0.15, -0.1) is 0 Å². The van der Waals surface area contributed by atoms with Gasteiger partial charge >= 0.3 is 0 Å². The molecule has 1 saturated heterocycles. The predicted molar refractivity (Wildman–Crippen MR) is 166 cm³/mol. The van der Waals surface area contributed by atoms with Crippen LogP contribution in [0.1, 0.15) is 36.5 Å². The summed E-state index contributed by atoms with van der Waals surface area (Å²) in [5, 5.41) is 16.4. The molecule has 5 aromatic rings. The van der Waals surface area contributed by atoms with Gasteiger partial charge in [0.25, 0.3) is 17.3 Å². The van der Waals surface area contributed by atoms with Crippen molar-refractivity contribution in [3.8, 4) is 22.8 Å². The molecule has 11 nitrogen and oxygen atoms in total. The van der Waals surface area contributed by atoms with Gasteiger partial charge < -0.3 is 19.1 Å². The summed E-state index contributed by atoms with van der Waals surface area (Å²) in [5.41, 5.74) is 2.01. The third-order valence-electron chi connectivity index (χ3n) is 7.43. The normalized spacial score (nSPS) is 13.7. The Hall–Kier alpha value is -5.32. The first-order chi connectivity index (χ1) is 21.4. The van der Waals surface area contributed by atoms with E-state index in [-0.39, 0.29) is 11.6 Å². The second kappa shape index (κ2) is 12.5. The molecule has 3 aromatic carbocycles. The van der Waals surface area contributed by atoms with Crippen molar-refractivity contribution in [1.82, 2.24) is 20.0 Å². The Morgan fingerprint density at radius 2 is 1.75 bits per heavy atom. The molecule has 1 aliphatic rings. The highest BCUT2D eigenvalue weighted by Crippen LogP contribution is 2.36. The van der Waals surface area contributed by atoms with Gasteiger partial charge in [0.2, 0.25) is 0 Å². The second-order valence-corrected chi connectivity index (χ2v) is 11.2. The van der Waals surface area contributed by atoms with Crippen LogP contribution in [0.15, 0.2) is 83.4 Å². The van der Waals surface area contributed by atoms with Crippen LogP contribution in [-0.4, -0.2) is 57.0 Å². The number of anilines is 1. The minimum Gasteiger partial charge on any atom is -0.457 e. The molecule has 0 N–H and O–H groups in total. The van der Waals surface area contributed by atoms with E-state index in [1.807, 2.05) is 54.6 Å². The van der Waals surface area contributed by atoms with Gasteiger partial charge in [-0.1, -0.05) is 55.4 Å². The first-order valence-corrected chi connectivity index (χ1v) is 14.6. The summed E-state index contributed by atoms with van der Waals surface area (Å²) in [6.45, 7) is 6.32. The number of aromatic nitrogens is 3. The number of nitro benzene ring substituents is 1. The number of carbonyl (C=O) groups is 1. The van der Waals surface area contributed by atoms with Crippen molar-refractivity contribution < 1.29 is 19.0 Å². The molecule has 3 heterocycles. The van der Waals surface area contributed by atoms with Crippen LogP contribution in [0.25, 0.3) is 22.4 Å². The average Bonchev–Trinajstić information content (AvgIpc) is 3.29. The van der Waals surface area contributed by atoms with Crippen molar-refractivity contribution in [1.29, 1.82) is 0 Å². The van der Waals surface area contributed by atoms with Crippen LogP contribution in [0.5, 0.6) is 11.5 Å². The molecule has 0 atom stereocenters. The lowest BCUT2D eigenvalue weighted by Gasteiger charge is -2.24. The highest BCUT2D eigenvalue weighted by atomic mass is 16.6. The van der Waals surface area contributed by atoms with Crippen molar-refractivity contribution in [2.75, 3.05) is 31.1 Å². The third kappa shape index (κ3) is 6.22. The minimum absolute atomic E-state index is 0.105. The van der Waals surface area contributed by atoms with Gasteiger partial charge in [-0.25, -0.2) is 4.98 Å². The molecular weight excluding hydrogens is 560 g/mol. The smallest absolute Gasteiger partial charge is 0.270 e. The Balaban J connectivity index is 1.32. The van der Waals surface area contributed by atoms with Crippen molar-refractivity contribution in [3.05, 3.63) is 100 Å². The number of hydrogen-bond donors (Lipinski definition) is 0. The Labute approximate surface area is 254 Å². The SMILES string of the molecule is CC(C)Cc1nc(N2CCCN(C(=O)c3cccc([N+](=O)[O-])c3)CC2)c2c(-c3cccc(Oc4ccccc4)c3)noc2n1. The number of benzene rings is 3. The van der Waals surface area contributed by atoms with Gasteiger partial charge in [0.1, 0.15) is 34.2 Å². The number of ether oxygens (including phenoxy) is 1. The second-order valence-electron chi connectivity index (χ2n) is 11.2. The summed E-state index contributed by atoms with van der Waals surface area (Å²) in [6, 6.07) is 23.1. The molecule has 6 rings (SSSR count). The van der Waals surface area contributed by atoms with Gasteiger partial charge in [-0.3, -0.25) is 14.9 Å². The molecular formula is C33H32N6O5. The molecule has 0 spiro atoms. The van der Waals surface area contributed by atoms with Crippen LogP contribution < -0.4 is 9.64 Å². The fourth-order valence-corrected chi connectivity index (χ4v) is 5.36. The molecule has 0 unspecified atom stereocenters. The zero-order valence-corrected chi connectivity index (χ0v) is 24.6. The summed E-state index contributed by atoms with van der Waals surface area (Å²) in [4.78, 5) is 37.7. The largest absolute Gasteiger partial charge is 0.457 e. The average molecular weight is 593 g/mol. The van der Waals surface area contributed by atoms with E-state index in [0.29, 0.717) is 84.7 Å². The summed E-state index contributed by atoms with van der Waals surface area (Å²) in [5.74, 6) is 2.87. The van der Waals surface area contributed by atoms with Gasteiger partial charge in [-0.2, -0.15) is 4.98 Å². The molecule has 2 aromatic heterocycles. The lowest BCUT2D eigenvalue weighted by Crippen LogP contribution is -2.35. The number of non-ortho nitro benzene ring substituents is 1. The molecule has 1 fully saturated rings. The zero-order valence-electron chi connectivity index (χ0n) is 24.6. The number of amides is 1. The maximum Gasteiger partial charge on any atom is 0.270 e. The first-order valence-electron chi connectivity index (χ1n) is 14.6. The Bertz CT molecular complexity index is 1810. The molecule has 0 bridgehead atoms. The molecule has 1 aliphatic heterocycles. The number of rotatable bonds is 8. The summed E-state index contributed by atoms with van der Waals surface area (Å²) in [7, 11) is 0. The fourth-order valence-electron chi connectivity index (χ4n) is 5.36. The van der Waals surface area contributed by atoms with Crippen LogP contribution in [0.2, 0.25) is 0 Å². The quantitative estimate of drug-likeness (QED) is 0.146. The van der Waals surface area contributed by atoms with E-state index < -0.39 is 4.92 Å². The summed E-state index contributed by atoms with van der Waals surface area (Å²) >= 11 is 0. The molecule has 0 saturated carbocycles. The lowest BCUT2D eigenvalue weighted by molar-refractivity contribution is -0.384. The van der Waals surface area contributed by atoms with Gasteiger partial charge in [0.05, 0.1) is 4.92 Å². The molecule has 224 valence electrons. The Morgan fingerprint density at radius 1 is 0.955 bits per heavy atom. The fraction of sp³-hybridized carbons (Fsp3) is 0.273. The van der Waals surface area contributed by atoms with E-state index in [1.54, 1.807) is 11.0 Å². The number of nitrogens with zero attached hydrogens (tertiary/aromatic N) is 6. The third-order valence-corrected chi connectivity index (χ3v) is 7.43. The molecule has 0 aliphatic carbocycles. The van der Waals surface area contributed by atoms with E-state index in [0.717, 1.165) is 11.3 Å². The predicted octanol–water partition coefficient (Wildman–Crippen LogP) is 6.54. The van der Waals surface area contributed by atoms with E-state index in [9.17, 15) is 14.9 Å². The van der Waals surface area contributed by atoms with Gasteiger partial charge in [-0.05, 0) is 42.7 Å². The summed E-state index contributed by atoms with van der Waals surface area (Å²) in [6.07, 6.45) is 1.36. The first kappa shape index (κ1) is 28.8. The zero-order chi connectivity index (χ0) is 30.6. The maximum atomic E-state index is 13.3. The lowest BCUT2D eigenvalue weighted by atomic mass is 10.1. The number of para-hydroxylation sites is 1. The highest BCUT2D eigenvalue weighted by Gasteiger charge is 2.27. The monoisotopic (exact) mass is 592 g/mol. The number of hydrogen-bond acceptors (Lipinski definition) is 9. The van der Waals surface area contributed by atoms with Gasteiger partial charge in [0.15, 0.2) is 0 Å². The molecule has 11 heteroatoms. The number of fused-ring (bicyclic) bond motifs is 1. The summed E-state index contributed by atoms with van der Waals surface area (Å²) < 4.78 is 11.9. The highest BCUT2D eigenvalue weighted by molar-refractivity contribution is 5.98. The van der Waals surface area contributed by atoms with Crippen LogP contribution in [0.4, 0.5) is 11.5 Å². The number of nitro groups is 1. The maximum absolute atomic E-state index is 13.3. The van der Waals surface area contributed by atoms with E-state index in [2.05, 4.69) is 23.9 Å². The van der Waals surface area contributed by atoms with Crippen LogP contribution >= 0.6 is 0 Å². The molecule has 44 heavy (non-hydrogen) atoms. The molecule has 0 radical (unpaired) electrons. The van der Waals surface area contributed by atoms with Crippen molar-refractivity contribution in [2.24, 2.45) is 5.92 Å². The Kier molecular flexibility index (Phi) is 8.18. The molecule has 1 amide bonds. The Morgan fingerprint density at radius 3 is 2.55 bits per heavy atom.